The van der Waals surface area contributed by atoms with E-state index in [-0.39, 0.29) is 18.7 Å². The smallest absolute Gasteiger partial charge is 0.408 e. The van der Waals surface area contributed by atoms with Crippen LogP contribution in [0.15, 0.2) is 11.0 Å². The van der Waals surface area contributed by atoms with Gasteiger partial charge >= 0.3 is 11.8 Å². The second-order valence-corrected chi connectivity index (χ2v) is 9.41. The van der Waals surface area contributed by atoms with E-state index in [4.69, 9.17) is 9.47 Å². The van der Waals surface area contributed by atoms with E-state index < -0.39 is 66.0 Å². The maximum Gasteiger partial charge on any atom is 0.408 e. The normalized spacial score (nSPS) is 20.5. The number of carbonyl (C=O) groups is 3. The lowest BCUT2D eigenvalue weighted by molar-refractivity contribution is -0.119. The minimum absolute atomic E-state index is 0.0572. The van der Waals surface area contributed by atoms with Crippen molar-refractivity contribution in [1.82, 2.24) is 20.2 Å². The number of rotatable bonds is 10. The minimum Gasteiger partial charge on any atom is -0.444 e. The monoisotopic (exact) mass is 515 g/mol. The summed E-state index contributed by atoms with van der Waals surface area (Å²) in [4.78, 5) is 52.1. The van der Waals surface area contributed by atoms with Crippen LogP contribution in [-0.2, 0) is 19.1 Å². The summed E-state index contributed by atoms with van der Waals surface area (Å²) < 4.78 is 26.1. The molecule has 0 saturated carbocycles. The zero-order valence-corrected chi connectivity index (χ0v) is 20.7. The summed E-state index contributed by atoms with van der Waals surface area (Å²) in [6.07, 6.45) is -2.05. The van der Waals surface area contributed by atoms with Gasteiger partial charge in [0.1, 0.15) is 24.0 Å². The van der Waals surface area contributed by atoms with Crippen molar-refractivity contribution in [1.29, 1.82) is 0 Å². The molecule has 202 valence electrons. The average Bonchev–Trinajstić information content (AvgIpc) is 3.13. The number of ether oxygens (including phenoxy) is 2. The Bertz CT molecular complexity index is 996. The molecule has 1 aliphatic rings. The zero-order chi connectivity index (χ0) is 27.0. The molecular formula is C22H34FN5O8. The first kappa shape index (κ1) is 29.1. The predicted octanol–water partition coefficient (Wildman–Crippen LogP) is 0.161. The first-order valence-electron chi connectivity index (χ1n) is 11.6. The van der Waals surface area contributed by atoms with E-state index in [0.717, 1.165) is 10.8 Å². The van der Waals surface area contributed by atoms with Crippen LogP contribution >= 0.6 is 0 Å². The molecule has 4 atom stereocenters. The van der Waals surface area contributed by atoms with Gasteiger partial charge in [0.2, 0.25) is 11.8 Å². The van der Waals surface area contributed by atoms with Crippen molar-refractivity contribution in [3.05, 3.63) is 22.5 Å². The third kappa shape index (κ3) is 8.84. The van der Waals surface area contributed by atoms with Crippen molar-refractivity contribution in [3.63, 3.8) is 0 Å². The van der Waals surface area contributed by atoms with Crippen molar-refractivity contribution in [2.75, 3.05) is 18.5 Å². The fourth-order valence-electron chi connectivity index (χ4n) is 3.45. The van der Waals surface area contributed by atoms with E-state index in [9.17, 15) is 33.8 Å². The molecule has 2 rings (SSSR count). The third-order valence-electron chi connectivity index (χ3n) is 5.14. The Morgan fingerprint density at radius 2 is 2.03 bits per heavy atom. The number of nitrogens with zero attached hydrogens (tertiary/aromatic N) is 2. The van der Waals surface area contributed by atoms with Crippen LogP contribution in [0, 0.1) is 5.82 Å². The fourth-order valence-corrected chi connectivity index (χ4v) is 3.45. The van der Waals surface area contributed by atoms with E-state index in [1.54, 1.807) is 20.8 Å². The number of anilines is 1. The van der Waals surface area contributed by atoms with Gasteiger partial charge in [-0.1, -0.05) is 0 Å². The second kappa shape index (κ2) is 12.7. The Morgan fingerprint density at radius 3 is 2.61 bits per heavy atom. The molecule has 1 fully saturated rings. The van der Waals surface area contributed by atoms with Gasteiger partial charge in [-0.05, 0) is 40.0 Å². The molecule has 0 spiro atoms. The van der Waals surface area contributed by atoms with Gasteiger partial charge in [-0.25, -0.2) is 14.0 Å². The first-order chi connectivity index (χ1) is 16.8. The van der Waals surface area contributed by atoms with Crippen molar-refractivity contribution < 1.29 is 38.5 Å². The summed E-state index contributed by atoms with van der Waals surface area (Å²) in [5.74, 6) is -2.71. The predicted molar refractivity (Wildman–Crippen MR) is 124 cm³/mol. The van der Waals surface area contributed by atoms with Gasteiger partial charge in [0.05, 0.1) is 18.9 Å². The first-order valence-corrected chi connectivity index (χ1v) is 11.6. The van der Waals surface area contributed by atoms with Crippen LogP contribution < -0.4 is 21.6 Å². The molecule has 13 nitrogen and oxygen atoms in total. The Morgan fingerprint density at radius 1 is 1.33 bits per heavy atom. The van der Waals surface area contributed by atoms with Gasteiger partial charge in [0, 0.05) is 19.9 Å². The molecular weight excluding hydrogens is 481 g/mol. The Hall–Kier alpha value is -3.10. The van der Waals surface area contributed by atoms with E-state index in [0.29, 0.717) is 19.4 Å². The van der Waals surface area contributed by atoms with Gasteiger partial charge in [0.15, 0.2) is 11.6 Å². The number of alkyl carbamates (subject to hydrolysis) is 1. The molecule has 0 bridgehead atoms. The number of hydrogen-bond acceptors (Lipinski definition) is 9. The molecule has 0 aromatic carbocycles. The highest BCUT2D eigenvalue weighted by Crippen LogP contribution is 2.27. The molecule has 1 saturated heterocycles. The lowest BCUT2D eigenvalue weighted by Gasteiger charge is -2.23. The molecule has 5 N–H and O–H groups in total. The molecule has 1 aliphatic heterocycles. The largest absolute Gasteiger partial charge is 0.444 e. The van der Waals surface area contributed by atoms with Crippen molar-refractivity contribution in [3.8, 4) is 0 Å². The van der Waals surface area contributed by atoms with Gasteiger partial charge in [-0.15, -0.1) is 0 Å². The zero-order valence-electron chi connectivity index (χ0n) is 20.7. The van der Waals surface area contributed by atoms with Gasteiger partial charge in [-0.3, -0.25) is 14.2 Å². The molecule has 0 aliphatic carbocycles. The number of aliphatic hydroxyl groups excluding tert-OH is 2. The van der Waals surface area contributed by atoms with Crippen LogP contribution in [0.2, 0.25) is 0 Å². The summed E-state index contributed by atoms with van der Waals surface area (Å²) in [6, 6.07) is -1.14. The molecule has 0 radical (unpaired) electrons. The Kier molecular flexibility index (Phi) is 10.3. The molecule has 14 heteroatoms. The summed E-state index contributed by atoms with van der Waals surface area (Å²) in [6.45, 7) is 6.23. The number of nitrogens with one attached hydrogen (secondary N) is 3. The standard InChI is InChI=1S/C22H34FN5O8/c1-12(30)24-8-6-5-7-14(25-21(34)36-22(2,3)4)19(32)26-18-13(23)10-28(20(33)27-18)17-9-15(31)16(11-29)35-17/h10,14-17,29,31H,5-9,11H2,1-4H3,(H,24,30)(H,25,34)(H,26,27,32,33)/t14?,15?,16-,17-/m1/s1. The minimum atomic E-state index is -1.14. The van der Waals surface area contributed by atoms with Crippen LogP contribution in [0.1, 0.15) is 59.6 Å². The highest BCUT2D eigenvalue weighted by Gasteiger charge is 2.35. The van der Waals surface area contributed by atoms with Crippen molar-refractivity contribution >= 4 is 23.7 Å². The maximum atomic E-state index is 14.7. The number of halogens is 1. The molecule has 36 heavy (non-hydrogen) atoms. The second-order valence-electron chi connectivity index (χ2n) is 9.41. The number of carbonyl (C=O) groups excluding carboxylic acids is 3. The number of aliphatic hydroxyl groups is 2. The molecule has 2 heterocycles. The molecule has 3 amide bonds. The summed E-state index contributed by atoms with van der Waals surface area (Å²) in [5.41, 5.74) is -1.77. The van der Waals surface area contributed by atoms with Gasteiger partial charge < -0.3 is 35.6 Å². The number of unbranched alkanes of at least 4 members (excludes halogenated alkanes) is 1. The van der Waals surface area contributed by atoms with Crippen LogP contribution in [0.4, 0.5) is 15.0 Å². The number of amides is 3. The topological polar surface area (TPSA) is 181 Å². The van der Waals surface area contributed by atoms with E-state index in [1.807, 2.05) is 0 Å². The molecule has 2 unspecified atom stereocenters. The average molecular weight is 516 g/mol. The van der Waals surface area contributed by atoms with Crippen LogP contribution in [0.25, 0.3) is 0 Å². The Balaban J connectivity index is 2.12. The van der Waals surface area contributed by atoms with Gasteiger partial charge in [0.25, 0.3) is 0 Å². The van der Waals surface area contributed by atoms with Crippen LogP contribution in [-0.4, -0.2) is 74.7 Å². The third-order valence-corrected chi connectivity index (χ3v) is 5.14. The van der Waals surface area contributed by atoms with E-state index in [2.05, 4.69) is 20.9 Å². The summed E-state index contributed by atoms with van der Waals surface area (Å²) in [7, 11) is 0. The van der Waals surface area contributed by atoms with Crippen LogP contribution in [0.3, 0.4) is 0 Å². The fraction of sp³-hybridized carbons (Fsp3) is 0.682. The highest BCUT2D eigenvalue weighted by molar-refractivity contribution is 5.95. The summed E-state index contributed by atoms with van der Waals surface area (Å²) >= 11 is 0. The quantitative estimate of drug-likeness (QED) is 0.271. The maximum absolute atomic E-state index is 14.7. The van der Waals surface area contributed by atoms with E-state index in [1.165, 1.54) is 6.92 Å². The summed E-state index contributed by atoms with van der Waals surface area (Å²) in [5, 5.41) is 26.3. The van der Waals surface area contributed by atoms with Gasteiger partial charge in [-0.2, -0.15) is 4.98 Å². The number of hydrogen-bond donors (Lipinski definition) is 5. The molecule has 1 aromatic rings. The number of aromatic nitrogens is 2. The molecule has 1 aromatic heterocycles. The Labute approximate surface area is 207 Å². The van der Waals surface area contributed by atoms with Crippen molar-refractivity contribution in [2.24, 2.45) is 0 Å². The lowest BCUT2D eigenvalue weighted by atomic mass is 10.1. The highest BCUT2D eigenvalue weighted by atomic mass is 19.1. The van der Waals surface area contributed by atoms with Crippen LogP contribution in [0.5, 0.6) is 0 Å². The van der Waals surface area contributed by atoms with E-state index >= 15 is 0 Å². The SMILES string of the molecule is CC(=O)NCCCCC(NC(=O)OC(C)(C)C)C(=O)Nc1nc(=O)n([C@H]2CC(O)[C@@H](CO)O2)cc1F. The lowest BCUT2D eigenvalue weighted by Crippen LogP contribution is -2.46. The van der Waals surface area contributed by atoms with Crippen molar-refractivity contribution in [2.45, 2.75) is 83.5 Å².